The van der Waals surface area contributed by atoms with Crippen LogP contribution in [0.3, 0.4) is 0 Å². The zero-order valence-electron chi connectivity index (χ0n) is 10.6. The van der Waals surface area contributed by atoms with E-state index < -0.39 is 5.60 Å². The zero-order chi connectivity index (χ0) is 12.8. The molecule has 3 rings (SSSR count). The van der Waals surface area contributed by atoms with Gasteiger partial charge in [-0.15, -0.1) is 0 Å². The summed E-state index contributed by atoms with van der Waals surface area (Å²) in [5.41, 5.74) is 6.69. The van der Waals surface area contributed by atoms with Crippen LogP contribution in [0.1, 0.15) is 32.6 Å². The molecule has 1 heterocycles. The van der Waals surface area contributed by atoms with Gasteiger partial charge in [0.1, 0.15) is 5.75 Å². The van der Waals surface area contributed by atoms with Crippen LogP contribution in [0.2, 0.25) is 0 Å². The maximum Gasteiger partial charge on any atom is 0.271 e. The number of anilines is 2. The van der Waals surface area contributed by atoms with E-state index in [0.717, 1.165) is 37.1 Å². The van der Waals surface area contributed by atoms with Gasteiger partial charge in [-0.3, -0.25) is 4.79 Å². The molecule has 0 saturated heterocycles. The fourth-order valence-electron chi connectivity index (χ4n) is 3.02. The molecule has 4 nitrogen and oxygen atoms in total. The number of ether oxygens (including phenoxy) is 1. The number of likely N-dealkylation sites (N-methyl/N-ethyl adjacent to an activating group) is 1. The molecular formula is C14H18N2O2. The zero-order valence-corrected chi connectivity index (χ0v) is 10.6. The quantitative estimate of drug-likeness (QED) is 0.774. The molecule has 0 aromatic heterocycles. The van der Waals surface area contributed by atoms with Crippen LogP contribution in [-0.2, 0) is 4.79 Å². The Hall–Kier alpha value is -1.71. The Morgan fingerprint density at radius 2 is 2.11 bits per heavy atom. The average Bonchev–Trinajstić information content (AvgIpc) is 2.81. The summed E-state index contributed by atoms with van der Waals surface area (Å²) in [6.45, 7) is 2.66. The van der Waals surface area contributed by atoms with E-state index in [4.69, 9.17) is 10.5 Å². The van der Waals surface area contributed by atoms with Crippen molar-refractivity contribution < 1.29 is 9.53 Å². The molecule has 1 spiro atoms. The SMILES string of the molecule is CCN1C(=O)C2(CCCC2)Oc2cc(N)ccc21. The van der Waals surface area contributed by atoms with Gasteiger partial charge in [0.25, 0.3) is 5.91 Å². The molecule has 0 bridgehead atoms. The van der Waals surface area contributed by atoms with Crippen LogP contribution in [0.15, 0.2) is 18.2 Å². The van der Waals surface area contributed by atoms with Crippen LogP contribution in [0, 0.1) is 0 Å². The number of nitrogen functional groups attached to an aromatic ring is 1. The number of amides is 1. The standard InChI is InChI=1S/C14H18N2O2/c1-2-16-11-6-5-10(15)9-12(11)18-14(13(16)17)7-3-4-8-14/h5-6,9H,2-4,7-8,15H2,1H3. The highest BCUT2D eigenvalue weighted by molar-refractivity contribution is 6.03. The van der Waals surface area contributed by atoms with E-state index in [2.05, 4.69) is 0 Å². The van der Waals surface area contributed by atoms with Crippen LogP contribution < -0.4 is 15.4 Å². The van der Waals surface area contributed by atoms with Crippen LogP contribution >= 0.6 is 0 Å². The lowest BCUT2D eigenvalue weighted by atomic mass is 9.97. The molecular weight excluding hydrogens is 228 g/mol. The van der Waals surface area contributed by atoms with Gasteiger partial charge in [-0.2, -0.15) is 0 Å². The number of benzene rings is 1. The summed E-state index contributed by atoms with van der Waals surface area (Å²) in [6.07, 6.45) is 3.75. The fourth-order valence-corrected chi connectivity index (χ4v) is 3.02. The number of hydrogen-bond acceptors (Lipinski definition) is 3. The highest BCUT2D eigenvalue weighted by Crippen LogP contribution is 2.45. The summed E-state index contributed by atoms with van der Waals surface area (Å²) in [5, 5.41) is 0. The predicted molar refractivity (Wildman–Crippen MR) is 70.7 cm³/mol. The lowest BCUT2D eigenvalue weighted by Crippen LogP contribution is -2.54. The van der Waals surface area contributed by atoms with Crippen molar-refractivity contribution in [2.45, 2.75) is 38.2 Å². The average molecular weight is 246 g/mol. The van der Waals surface area contributed by atoms with Crippen molar-refractivity contribution in [3.8, 4) is 5.75 Å². The summed E-state index contributed by atoms with van der Waals surface area (Å²) in [6, 6.07) is 5.50. The topological polar surface area (TPSA) is 55.6 Å². The molecule has 0 atom stereocenters. The summed E-state index contributed by atoms with van der Waals surface area (Å²) >= 11 is 0. The Bertz CT molecular complexity index is 493. The minimum Gasteiger partial charge on any atom is -0.475 e. The largest absolute Gasteiger partial charge is 0.475 e. The van der Waals surface area contributed by atoms with E-state index in [1.54, 1.807) is 0 Å². The van der Waals surface area contributed by atoms with Gasteiger partial charge in [0.2, 0.25) is 0 Å². The van der Waals surface area contributed by atoms with Gasteiger partial charge >= 0.3 is 0 Å². The van der Waals surface area contributed by atoms with Gasteiger partial charge in [-0.1, -0.05) is 0 Å². The minimum absolute atomic E-state index is 0.111. The predicted octanol–water partition coefficient (Wildman–Crippen LogP) is 2.33. The van der Waals surface area contributed by atoms with Crippen molar-refractivity contribution in [1.82, 2.24) is 0 Å². The van der Waals surface area contributed by atoms with Crippen LogP contribution in [-0.4, -0.2) is 18.1 Å². The third-order valence-electron chi connectivity index (χ3n) is 3.94. The van der Waals surface area contributed by atoms with E-state index in [0.29, 0.717) is 12.2 Å². The third kappa shape index (κ3) is 1.48. The first-order valence-electron chi connectivity index (χ1n) is 6.57. The Morgan fingerprint density at radius 3 is 2.78 bits per heavy atom. The van der Waals surface area contributed by atoms with Crippen molar-refractivity contribution in [1.29, 1.82) is 0 Å². The number of nitrogens with two attached hydrogens (primary N) is 1. The molecule has 1 saturated carbocycles. The van der Waals surface area contributed by atoms with Crippen LogP contribution in [0.25, 0.3) is 0 Å². The normalized spacial score (nSPS) is 20.9. The van der Waals surface area contributed by atoms with E-state index >= 15 is 0 Å². The molecule has 1 aromatic carbocycles. The van der Waals surface area contributed by atoms with E-state index in [9.17, 15) is 4.79 Å². The molecule has 1 aliphatic carbocycles. The van der Waals surface area contributed by atoms with Gasteiger partial charge in [0, 0.05) is 18.3 Å². The van der Waals surface area contributed by atoms with Crippen molar-refractivity contribution in [3.05, 3.63) is 18.2 Å². The van der Waals surface area contributed by atoms with Gasteiger partial charge in [-0.05, 0) is 44.7 Å². The highest BCUT2D eigenvalue weighted by atomic mass is 16.5. The first-order valence-corrected chi connectivity index (χ1v) is 6.57. The number of hydrogen-bond donors (Lipinski definition) is 1. The third-order valence-corrected chi connectivity index (χ3v) is 3.94. The summed E-state index contributed by atoms with van der Waals surface area (Å²) < 4.78 is 6.03. The summed E-state index contributed by atoms with van der Waals surface area (Å²) in [5.74, 6) is 0.859. The molecule has 0 unspecified atom stereocenters. The summed E-state index contributed by atoms with van der Waals surface area (Å²) in [7, 11) is 0. The van der Waals surface area contributed by atoms with Crippen LogP contribution in [0.4, 0.5) is 11.4 Å². The second kappa shape index (κ2) is 3.90. The first kappa shape index (κ1) is 11.4. The number of rotatable bonds is 1. The Balaban J connectivity index is 2.10. The Labute approximate surface area is 107 Å². The number of fused-ring (bicyclic) bond motifs is 1. The second-order valence-electron chi connectivity index (χ2n) is 5.08. The molecule has 18 heavy (non-hydrogen) atoms. The number of carbonyl (C=O) groups is 1. The Morgan fingerprint density at radius 1 is 1.39 bits per heavy atom. The number of nitrogens with zero attached hydrogens (tertiary/aromatic N) is 1. The monoisotopic (exact) mass is 246 g/mol. The van der Waals surface area contributed by atoms with Gasteiger partial charge in [0.15, 0.2) is 5.60 Å². The van der Waals surface area contributed by atoms with E-state index in [1.165, 1.54) is 0 Å². The minimum atomic E-state index is -0.628. The van der Waals surface area contributed by atoms with Crippen LogP contribution in [0.5, 0.6) is 5.75 Å². The fraction of sp³-hybridized carbons (Fsp3) is 0.500. The molecule has 1 fully saturated rings. The lowest BCUT2D eigenvalue weighted by molar-refractivity contribution is -0.135. The van der Waals surface area contributed by atoms with Crippen molar-refractivity contribution in [2.75, 3.05) is 17.2 Å². The second-order valence-corrected chi connectivity index (χ2v) is 5.08. The molecule has 1 aliphatic heterocycles. The molecule has 1 aromatic rings. The summed E-state index contributed by atoms with van der Waals surface area (Å²) in [4.78, 5) is 14.4. The molecule has 96 valence electrons. The van der Waals surface area contributed by atoms with Gasteiger partial charge < -0.3 is 15.4 Å². The van der Waals surface area contributed by atoms with Gasteiger partial charge in [0.05, 0.1) is 5.69 Å². The Kier molecular flexibility index (Phi) is 2.47. The lowest BCUT2D eigenvalue weighted by Gasteiger charge is -2.40. The highest BCUT2D eigenvalue weighted by Gasteiger charge is 2.49. The first-order chi connectivity index (χ1) is 8.66. The molecule has 1 amide bonds. The van der Waals surface area contributed by atoms with Gasteiger partial charge in [-0.25, -0.2) is 0 Å². The van der Waals surface area contributed by atoms with Crippen molar-refractivity contribution in [3.63, 3.8) is 0 Å². The van der Waals surface area contributed by atoms with E-state index in [1.807, 2.05) is 30.0 Å². The van der Waals surface area contributed by atoms with Crippen molar-refractivity contribution in [2.24, 2.45) is 0 Å². The molecule has 4 heteroatoms. The maximum absolute atomic E-state index is 12.6. The van der Waals surface area contributed by atoms with E-state index in [-0.39, 0.29) is 5.91 Å². The van der Waals surface area contributed by atoms with Crippen molar-refractivity contribution >= 4 is 17.3 Å². The molecule has 2 aliphatic rings. The smallest absolute Gasteiger partial charge is 0.271 e. The molecule has 2 N–H and O–H groups in total. The maximum atomic E-state index is 12.6. The number of carbonyl (C=O) groups excluding carboxylic acids is 1. The molecule has 0 radical (unpaired) electrons.